The van der Waals surface area contributed by atoms with Crippen molar-refractivity contribution in [3.8, 4) is 0 Å². The minimum Gasteiger partial charge on any atom is -0.381 e. The normalized spacial score (nSPS) is 12.9. The van der Waals surface area contributed by atoms with Crippen molar-refractivity contribution >= 4 is 17.7 Å². The number of nitrogens with one attached hydrogen (secondary N) is 2. The van der Waals surface area contributed by atoms with E-state index in [-0.39, 0.29) is 25.5 Å². The van der Waals surface area contributed by atoms with Gasteiger partial charge in [-0.3, -0.25) is 14.4 Å². The summed E-state index contributed by atoms with van der Waals surface area (Å²) in [6.45, 7) is 7.13. The first-order valence-electron chi connectivity index (χ1n) is 7.22. The van der Waals surface area contributed by atoms with Crippen LogP contribution in [0.15, 0.2) is 12.7 Å². The number of aliphatic hydroxyl groups excluding tert-OH is 1. The van der Waals surface area contributed by atoms with E-state index in [9.17, 15) is 19.5 Å². The van der Waals surface area contributed by atoms with Crippen molar-refractivity contribution in [1.29, 1.82) is 0 Å². The summed E-state index contributed by atoms with van der Waals surface area (Å²) in [7, 11) is 0. The molecule has 8 nitrogen and oxygen atoms in total. The lowest BCUT2D eigenvalue weighted by atomic mass is 10.2. The van der Waals surface area contributed by atoms with E-state index in [0.717, 1.165) is 0 Å². The highest BCUT2D eigenvalue weighted by Crippen LogP contribution is 2.01. The van der Waals surface area contributed by atoms with Gasteiger partial charge in [0.15, 0.2) is 0 Å². The van der Waals surface area contributed by atoms with E-state index in [4.69, 9.17) is 5.73 Å². The van der Waals surface area contributed by atoms with Gasteiger partial charge in [0.25, 0.3) is 5.91 Å². The van der Waals surface area contributed by atoms with Crippen molar-refractivity contribution < 1.29 is 19.5 Å². The van der Waals surface area contributed by atoms with Crippen LogP contribution in [0, 0.1) is 0 Å². The van der Waals surface area contributed by atoms with Gasteiger partial charge in [0.2, 0.25) is 11.8 Å². The lowest BCUT2D eigenvalue weighted by Crippen LogP contribution is -2.52. The lowest BCUT2D eigenvalue weighted by molar-refractivity contribution is -0.139. The van der Waals surface area contributed by atoms with E-state index in [0.29, 0.717) is 13.0 Å². The van der Waals surface area contributed by atoms with E-state index in [2.05, 4.69) is 17.2 Å². The molecule has 3 amide bonds. The molecule has 0 aliphatic rings. The fourth-order valence-electron chi connectivity index (χ4n) is 1.76. The Morgan fingerprint density at radius 3 is 2.45 bits per heavy atom. The Kier molecular flexibility index (Phi) is 9.80. The molecule has 0 radical (unpaired) electrons. The molecule has 2 unspecified atom stereocenters. The molecule has 5 N–H and O–H groups in total. The van der Waals surface area contributed by atoms with Gasteiger partial charge >= 0.3 is 0 Å². The van der Waals surface area contributed by atoms with Gasteiger partial charge in [0.05, 0.1) is 13.1 Å². The molecule has 0 bridgehead atoms. The Morgan fingerprint density at radius 2 is 1.95 bits per heavy atom. The van der Waals surface area contributed by atoms with Crippen LogP contribution in [-0.4, -0.2) is 66.1 Å². The highest BCUT2D eigenvalue weighted by molar-refractivity contribution is 5.88. The average Bonchev–Trinajstić information content (AvgIpc) is 2.53. The fourth-order valence-corrected chi connectivity index (χ4v) is 1.76. The Labute approximate surface area is 130 Å². The second-order valence-electron chi connectivity index (χ2n) is 4.76. The molecule has 0 aromatic rings. The largest absolute Gasteiger partial charge is 0.381 e. The van der Waals surface area contributed by atoms with Crippen molar-refractivity contribution in [2.45, 2.75) is 32.4 Å². The molecule has 0 aromatic carbocycles. The second-order valence-corrected chi connectivity index (χ2v) is 4.76. The van der Waals surface area contributed by atoms with Gasteiger partial charge in [-0.15, -0.1) is 6.58 Å². The van der Waals surface area contributed by atoms with Crippen LogP contribution >= 0.6 is 0 Å². The third-order valence-electron chi connectivity index (χ3n) is 3.00. The third-order valence-corrected chi connectivity index (χ3v) is 3.00. The van der Waals surface area contributed by atoms with E-state index >= 15 is 0 Å². The number of carbonyl (C=O) groups is 3. The van der Waals surface area contributed by atoms with Crippen LogP contribution in [0.25, 0.3) is 0 Å². The number of hydrogen-bond donors (Lipinski definition) is 4. The topological polar surface area (TPSA) is 125 Å². The summed E-state index contributed by atoms with van der Waals surface area (Å²) in [5, 5.41) is 14.5. The zero-order valence-electron chi connectivity index (χ0n) is 13.2. The van der Waals surface area contributed by atoms with Gasteiger partial charge in [-0.2, -0.15) is 0 Å². The standard InChI is InChI=1S/C14H26N4O4/c1-4-6-16-14(22)11(19)9-17-13(21)10(3)18(7-5-2)12(20)8-15/h4,10-11,19H,1,5-9,15H2,2-3H3,(H,16,22)(H,17,21). The predicted molar refractivity (Wildman–Crippen MR) is 82.7 cm³/mol. The summed E-state index contributed by atoms with van der Waals surface area (Å²) in [6, 6.07) is -0.723. The Bertz CT molecular complexity index is 400. The number of amides is 3. The van der Waals surface area contributed by atoms with Crippen LogP contribution in [0.4, 0.5) is 0 Å². The molecule has 0 heterocycles. The Morgan fingerprint density at radius 1 is 1.32 bits per heavy atom. The van der Waals surface area contributed by atoms with E-state index in [1.165, 1.54) is 11.0 Å². The van der Waals surface area contributed by atoms with Crippen molar-refractivity contribution in [3.05, 3.63) is 12.7 Å². The van der Waals surface area contributed by atoms with Crippen LogP contribution in [0.3, 0.4) is 0 Å². The first kappa shape index (κ1) is 20.1. The lowest BCUT2D eigenvalue weighted by Gasteiger charge is -2.28. The van der Waals surface area contributed by atoms with Crippen LogP contribution in [0.2, 0.25) is 0 Å². The molecule has 126 valence electrons. The molecule has 0 aromatic heterocycles. The van der Waals surface area contributed by atoms with Crippen LogP contribution in [-0.2, 0) is 14.4 Å². The maximum Gasteiger partial charge on any atom is 0.250 e. The van der Waals surface area contributed by atoms with E-state index < -0.39 is 24.0 Å². The summed E-state index contributed by atoms with van der Waals surface area (Å²) in [5.74, 6) is -1.38. The molecule has 0 aliphatic heterocycles. The SMILES string of the molecule is C=CCNC(=O)C(O)CNC(=O)C(C)N(CCC)C(=O)CN. The van der Waals surface area contributed by atoms with Gasteiger partial charge in [-0.1, -0.05) is 13.0 Å². The molecule has 0 spiro atoms. The second kappa shape index (κ2) is 10.7. The Balaban J connectivity index is 4.47. The molecule has 8 heteroatoms. The van der Waals surface area contributed by atoms with Gasteiger partial charge in [0, 0.05) is 13.1 Å². The highest BCUT2D eigenvalue weighted by Gasteiger charge is 2.25. The average molecular weight is 314 g/mol. The minimum atomic E-state index is -1.36. The molecule has 0 aliphatic carbocycles. The molecule has 2 atom stereocenters. The van der Waals surface area contributed by atoms with Gasteiger partial charge in [-0.05, 0) is 13.3 Å². The monoisotopic (exact) mass is 314 g/mol. The maximum atomic E-state index is 12.0. The van der Waals surface area contributed by atoms with Gasteiger partial charge in [-0.25, -0.2) is 0 Å². The van der Waals surface area contributed by atoms with Crippen molar-refractivity contribution in [3.63, 3.8) is 0 Å². The van der Waals surface area contributed by atoms with Crippen molar-refractivity contribution in [2.24, 2.45) is 5.73 Å². The van der Waals surface area contributed by atoms with Crippen molar-refractivity contribution in [2.75, 3.05) is 26.2 Å². The van der Waals surface area contributed by atoms with Crippen molar-refractivity contribution in [1.82, 2.24) is 15.5 Å². The molecule has 0 saturated carbocycles. The summed E-state index contributed by atoms with van der Waals surface area (Å²) in [4.78, 5) is 36.5. The van der Waals surface area contributed by atoms with E-state index in [1.807, 2.05) is 6.92 Å². The summed E-state index contributed by atoms with van der Waals surface area (Å²) in [5.41, 5.74) is 5.33. The number of aliphatic hydroxyl groups is 1. The maximum absolute atomic E-state index is 12.0. The zero-order chi connectivity index (χ0) is 17.1. The molecular formula is C14H26N4O4. The summed E-state index contributed by atoms with van der Waals surface area (Å²) >= 11 is 0. The van der Waals surface area contributed by atoms with Gasteiger partial charge in [0.1, 0.15) is 12.1 Å². The molecule has 22 heavy (non-hydrogen) atoms. The molecule has 0 rings (SSSR count). The quantitative estimate of drug-likeness (QED) is 0.360. The Hall–Kier alpha value is -1.93. The summed E-state index contributed by atoms with van der Waals surface area (Å²) < 4.78 is 0. The number of rotatable bonds is 10. The van der Waals surface area contributed by atoms with Crippen LogP contribution < -0.4 is 16.4 Å². The highest BCUT2D eigenvalue weighted by atomic mass is 16.3. The summed E-state index contributed by atoms with van der Waals surface area (Å²) in [6.07, 6.45) is 0.809. The third kappa shape index (κ3) is 6.68. The first-order chi connectivity index (χ1) is 10.4. The van der Waals surface area contributed by atoms with Gasteiger partial charge < -0.3 is 26.4 Å². The molecular weight excluding hydrogens is 288 g/mol. The number of carbonyl (C=O) groups excluding carboxylic acids is 3. The van der Waals surface area contributed by atoms with E-state index in [1.54, 1.807) is 6.92 Å². The number of nitrogens with zero attached hydrogens (tertiary/aromatic N) is 1. The smallest absolute Gasteiger partial charge is 0.250 e. The molecule has 0 saturated heterocycles. The molecule has 0 fully saturated rings. The zero-order valence-corrected chi connectivity index (χ0v) is 13.2. The van der Waals surface area contributed by atoms with Crippen LogP contribution in [0.5, 0.6) is 0 Å². The number of nitrogens with two attached hydrogens (primary N) is 1. The first-order valence-corrected chi connectivity index (χ1v) is 7.22. The van der Waals surface area contributed by atoms with Crippen LogP contribution in [0.1, 0.15) is 20.3 Å². The fraction of sp³-hybridized carbons (Fsp3) is 0.643. The number of hydrogen-bond acceptors (Lipinski definition) is 5. The predicted octanol–water partition coefficient (Wildman–Crippen LogP) is -1.65. The minimum absolute atomic E-state index is 0.176.